The Labute approximate surface area is 115 Å². The lowest BCUT2D eigenvalue weighted by Gasteiger charge is -2.32. The maximum Gasteiger partial charge on any atom is 0.179 e. The quantitative estimate of drug-likeness (QED) is 0.755. The highest BCUT2D eigenvalue weighted by molar-refractivity contribution is 6.31. The Kier molecular flexibility index (Phi) is 5.36. The van der Waals surface area contributed by atoms with Crippen LogP contribution in [0, 0.1) is 5.92 Å². The van der Waals surface area contributed by atoms with Gasteiger partial charge < -0.3 is 0 Å². The van der Waals surface area contributed by atoms with E-state index in [4.69, 9.17) is 11.6 Å². The number of Topliss-reactive ketones (excluding diaryl/α,β-unsaturated/α-hetero) is 1. The van der Waals surface area contributed by atoms with Crippen LogP contribution in [-0.4, -0.2) is 29.8 Å². The third-order valence-corrected chi connectivity index (χ3v) is 3.94. The van der Waals surface area contributed by atoms with Crippen LogP contribution < -0.4 is 0 Å². The molecule has 0 radical (unpaired) electrons. The van der Waals surface area contributed by atoms with Crippen LogP contribution in [0.3, 0.4) is 0 Å². The molecular formula is C15H22ClNO. The van der Waals surface area contributed by atoms with E-state index in [1.807, 2.05) is 26.1 Å². The number of benzene rings is 1. The highest BCUT2D eigenvalue weighted by atomic mass is 35.5. The van der Waals surface area contributed by atoms with Crippen molar-refractivity contribution in [2.45, 2.75) is 39.8 Å². The SMILES string of the molecule is CC(C)C(C)N(C)C(C)C(=O)c1cccc(Cl)c1. The highest BCUT2D eigenvalue weighted by Crippen LogP contribution is 2.17. The van der Waals surface area contributed by atoms with E-state index in [9.17, 15) is 4.79 Å². The average Bonchev–Trinajstić information content (AvgIpc) is 2.35. The standard InChI is InChI=1S/C15H22ClNO/c1-10(2)11(3)17(5)12(4)15(18)13-7-6-8-14(16)9-13/h6-12H,1-5H3. The monoisotopic (exact) mass is 267 g/mol. The summed E-state index contributed by atoms with van der Waals surface area (Å²) >= 11 is 5.92. The molecule has 0 aliphatic carbocycles. The number of likely N-dealkylation sites (N-methyl/N-ethyl adjacent to an activating group) is 1. The van der Waals surface area contributed by atoms with Crippen molar-refractivity contribution in [3.8, 4) is 0 Å². The maximum atomic E-state index is 12.4. The maximum absolute atomic E-state index is 12.4. The van der Waals surface area contributed by atoms with E-state index < -0.39 is 0 Å². The molecule has 0 spiro atoms. The minimum Gasteiger partial charge on any atom is -0.294 e. The summed E-state index contributed by atoms with van der Waals surface area (Å²) in [7, 11) is 2.00. The van der Waals surface area contributed by atoms with E-state index in [2.05, 4.69) is 25.7 Å². The molecule has 0 heterocycles. The molecule has 2 atom stereocenters. The minimum absolute atomic E-state index is 0.118. The fourth-order valence-corrected chi connectivity index (χ4v) is 2.08. The minimum atomic E-state index is -0.138. The molecule has 0 saturated heterocycles. The van der Waals surface area contributed by atoms with Crippen LogP contribution in [0.15, 0.2) is 24.3 Å². The van der Waals surface area contributed by atoms with Crippen LogP contribution in [0.5, 0.6) is 0 Å². The molecule has 3 heteroatoms. The van der Waals surface area contributed by atoms with Crippen molar-refractivity contribution in [3.05, 3.63) is 34.9 Å². The van der Waals surface area contributed by atoms with Gasteiger partial charge in [0, 0.05) is 16.6 Å². The van der Waals surface area contributed by atoms with Gasteiger partial charge in [0.1, 0.15) is 0 Å². The van der Waals surface area contributed by atoms with Gasteiger partial charge in [0.25, 0.3) is 0 Å². The van der Waals surface area contributed by atoms with E-state index >= 15 is 0 Å². The van der Waals surface area contributed by atoms with Gasteiger partial charge in [-0.05, 0) is 38.9 Å². The number of carbonyl (C=O) groups is 1. The molecule has 2 nitrogen and oxygen atoms in total. The molecular weight excluding hydrogens is 246 g/mol. The van der Waals surface area contributed by atoms with Crippen LogP contribution in [0.2, 0.25) is 5.02 Å². The predicted molar refractivity (Wildman–Crippen MR) is 77.3 cm³/mol. The van der Waals surface area contributed by atoms with Crippen molar-refractivity contribution in [1.29, 1.82) is 0 Å². The van der Waals surface area contributed by atoms with Gasteiger partial charge in [-0.2, -0.15) is 0 Å². The zero-order valence-electron chi connectivity index (χ0n) is 11.8. The fourth-order valence-electron chi connectivity index (χ4n) is 1.89. The molecule has 0 aliphatic heterocycles. The molecule has 100 valence electrons. The predicted octanol–water partition coefficient (Wildman–Crippen LogP) is 3.89. The van der Waals surface area contributed by atoms with Crippen molar-refractivity contribution in [3.63, 3.8) is 0 Å². The number of nitrogens with zero attached hydrogens (tertiary/aromatic N) is 1. The van der Waals surface area contributed by atoms with Crippen molar-refractivity contribution in [2.75, 3.05) is 7.05 Å². The number of rotatable bonds is 5. The average molecular weight is 268 g/mol. The summed E-state index contributed by atoms with van der Waals surface area (Å²) in [4.78, 5) is 14.5. The first-order valence-corrected chi connectivity index (χ1v) is 6.74. The Bertz CT molecular complexity index is 417. The Morgan fingerprint density at radius 2 is 1.83 bits per heavy atom. The molecule has 0 fully saturated rings. The second kappa shape index (κ2) is 6.35. The Morgan fingerprint density at radius 3 is 2.33 bits per heavy atom. The highest BCUT2D eigenvalue weighted by Gasteiger charge is 2.24. The zero-order valence-corrected chi connectivity index (χ0v) is 12.5. The largest absolute Gasteiger partial charge is 0.294 e. The van der Waals surface area contributed by atoms with Gasteiger partial charge in [-0.25, -0.2) is 0 Å². The van der Waals surface area contributed by atoms with Crippen molar-refractivity contribution < 1.29 is 4.79 Å². The summed E-state index contributed by atoms with van der Waals surface area (Å²) in [6, 6.07) is 7.37. The van der Waals surface area contributed by atoms with E-state index in [1.165, 1.54) is 0 Å². The van der Waals surface area contributed by atoms with Crippen LogP contribution in [0.25, 0.3) is 0 Å². The van der Waals surface area contributed by atoms with Crippen molar-refractivity contribution in [1.82, 2.24) is 4.90 Å². The molecule has 0 aromatic heterocycles. The molecule has 0 bridgehead atoms. The summed E-state index contributed by atoms with van der Waals surface area (Å²) in [5.74, 6) is 0.636. The first-order valence-electron chi connectivity index (χ1n) is 6.36. The molecule has 0 amide bonds. The number of halogens is 1. The third-order valence-electron chi connectivity index (χ3n) is 3.71. The topological polar surface area (TPSA) is 20.3 Å². The molecule has 1 aromatic rings. The van der Waals surface area contributed by atoms with Gasteiger partial charge in [0.15, 0.2) is 5.78 Å². The summed E-state index contributed by atoms with van der Waals surface area (Å²) in [6.45, 7) is 8.42. The normalized spacial score (nSPS) is 14.9. The van der Waals surface area contributed by atoms with Gasteiger partial charge in [-0.1, -0.05) is 37.6 Å². The number of ketones is 1. The lowest BCUT2D eigenvalue weighted by Crippen LogP contribution is -2.43. The van der Waals surface area contributed by atoms with E-state index in [0.717, 1.165) is 0 Å². The number of hydrogen-bond donors (Lipinski definition) is 0. The van der Waals surface area contributed by atoms with Gasteiger partial charge >= 0.3 is 0 Å². The van der Waals surface area contributed by atoms with Crippen molar-refractivity contribution >= 4 is 17.4 Å². The Morgan fingerprint density at radius 1 is 1.22 bits per heavy atom. The van der Waals surface area contributed by atoms with Gasteiger partial charge in [0.2, 0.25) is 0 Å². The third kappa shape index (κ3) is 3.56. The summed E-state index contributed by atoms with van der Waals surface area (Å²) in [5.41, 5.74) is 0.679. The lowest BCUT2D eigenvalue weighted by atomic mass is 9.99. The van der Waals surface area contributed by atoms with Gasteiger partial charge in [-0.3, -0.25) is 9.69 Å². The van der Waals surface area contributed by atoms with Crippen LogP contribution >= 0.6 is 11.6 Å². The van der Waals surface area contributed by atoms with E-state index in [0.29, 0.717) is 22.5 Å². The summed E-state index contributed by atoms with van der Waals surface area (Å²) < 4.78 is 0. The second-order valence-corrected chi connectivity index (χ2v) is 5.64. The van der Waals surface area contributed by atoms with E-state index in [1.54, 1.807) is 12.1 Å². The van der Waals surface area contributed by atoms with Crippen LogP contribution in [0.4, 0.5) is 0 Å². The molecule has 2 unspecified atom stereocenters. The lowest BCUT2D eigenvalue weighted by molar-refractivity contribution is 0.0791. The van der Waals surface area contributed by atoms with E-state index in [-0.39, 0.29) is 11.8 Å². The van der Waals surface area contributed by atoms with Crippen LogP contribution in [-0.2, 0) is 0 Å². The number of hydrogen-bond acceptors (Lipinski definition) is 2. The van der Waals surface area contributed by atoms with Crippen LogP contribution in [0.1, 0.15) is 38.1 Å². The Hall–Kier alpha value is -0.860. The first-order chi connectivity index (χ1) is 8.34. The molecule has 1 aromatic carbocycles. The fraction of sp³-hybridized carbons (Fsp3) is 0.533. The zero-order chi connectivity index (χ0) is 13.9. The Balaban J connectivity index is 2.84. The summed E-state index contributed by atoms with van der Waals surface area (Å²) in [5, 5.41) is 0.604. The van der Waals surface area contributed by atoms with Gasteiger partial charge in [0.05, 0.1) is 6.04 Å². The number of carbonyl (C=O) groups excluding carboxylic acids is 1. The van der Waals surface area contributed by atoms with Gasteiger partial charge in [-0.15, -0.1) is 0 Å². The molecule has 0 N–H and O–H groups in total. The molecule has 0 saturated carbocycles. The van der Waals surface area contributed by atoms with Crippen molar-refractivity contribution in [2.24, 2.45) is 5.92 Å². The molecule has 1 rings (SSSR count). The first kappa shape index (κ1) is 15.2. The molecule has 18 heavy (non-hydrogen) atoms. The summed E-state index contributed by atoms with van der Waals surface area (Å²) in [6.07, 6.45) is 0. The second-order valence-electron chi connectivity index (χ2n) is 5.20. The smallest absolute Gasteiger partial charge is 0.179 e. The molecule has 0 aliphatic rings.